The standard InChI is InChI=1S/C10H18O/c11-10-8-6-4-2-1-3-5-7-9-10/h8,11H,1-7,9H2/b10-8-. The SMILES string of the molecule is O/C1=C\CCCCCCCC1. The molecule has 0 unspecified atom stereocenters. The van der Waals surface area contributed by atoms with Crippen molar-refractivity contribution in [2.45, 2.75) is 51.4 Å². The highest BCUT2D eigenvalue weighted by molar-refractivity contribution is 4.90. The zero-order chi connectivity index (χ0) is 7.94. The summed E-state index contributed by atoms with van der Waals surface area (Å²) in [6.07, 6.45) is 11.8. The van der Waals surface area contributed by atoms with Crippen LogP contribution in [0.15, 0.2) is 11.8 Å². The van der Waals surface area contributed by atoms with E-state index in [-0.39, 0.29) is 0 Å². The van der Waals surface area contributed by atoms with Gasteiger partial charge in [-0.25, -0.2) is 0 Å². The Morgan fingerprint density at radius 2 is 1.55 bits per heavy atom. The second-order valence-corrected chi connectivity index (χ2v) is 3.36. The molecule has 0 fully saturated rings. The lowest BCUT2D eigenvalue weighted by Gasteiger charge is -2.04. The van der Waals surface area contributed by atoms with E-state index in [4.69, 9.17) is 0 Å². The van der Waals surface area contributed by atoms with Crippen LogP contribution in [-0.2, 0) is 0 Å². The van der Waals surface area contributed by atoms with Crippen LogP contribution in [0.4, 0.5) is 0 Å². The van der Waals surface area contributed by atoms with Gasteiger partial charge in [0.2, 0.25) is 0 Å². The van der Waals surface area contributed by atoms with E-state index >= 15 is 0 Å². The van der Waals surface area contributed by atoms with E-state index in [1.807, 2.05) is 6.08 Å². The molecule has 0 heterocycles. The van der Waals surface area contributed by atoms with E-state index < -0.39 is 0 Å². The number of hydrogen-bond donors (Lipinski definition) is 1. The summed E-state index contributed by atoms with van der Waals surface area (Å²) in [7, 11) is 0. The van der Waals surface area contributed by atoms with E-state index in [0.29, 0.717) is 5.76 Å². The van der Waals surface area contributed by atoms with Gasteiger partial charge in [-0.3, -0.25) is 0 Å². The fourth-order valence-corrected chi connectivity index (χ4v) is 1.53. The molecule has 1 aliphatic carbocycles. The molecular weight excluding hydrogens is 136 g/mol. The quantitative estimate of drug-likeness (QED) is 0.565. The molecule has 0 aliphatic heterocycles. The smallest absolute Gasteiger partial charge is 0.0882 e. The Bertz CT molecular complexity index is 127. The average molecular weight is 154 g/mol. The molecule has 1 nitrogen and oxygen atoms in total. The van der Waals surface area contributed by atoms with Crippen molar-refractivity contribution in [2.24, 2.45) is 0 Å². The molecule has 0 amide bonds. The molecule has 1 N–H and O–H groups in total. The van der Waals surface area contributed by atoms with Gasteiger partial charge >= 0.3 is 0 Å². The second-order valence-electron chi connectivity index (χ2n) is 3.36. The van der Waals surface area contributed by atoms with Crippen LogP contribution in [0, 0.1) is 0 Å². The molecule has 0 saturated carbocycles. The Balaban J connectivity index is 2.27. The maximum Gasteiger partial charge on any atom is 0.0882 e. The first-order chi connectivity index (χ1) is 5.39. The maximum absolute atomic E-state index is 9.29. The molecule has 0 saturated heterocycles. The van der Waals surface area contributed by atoms with Crippen LogP contribution in [-0.4, -0.2) is 5.11 Å². The minimum absolute atomic E-state index is 0.618. The van der Waals surface area contributed by atoms with E-state index in [2.05, 4.69) is 0 Å². The van der Waals surface area contributed by atoms with Gasteiger partial charge in [-0.2, -0.15) is 0 Å². The van der Waals surface area contributed by atoms with Crippen LogP contribution in [0.3, 0.4) is 0 Å². The Morgan fingerprint density at radius 3 is 2.36 bits per heavy atom. The third-order valence-electron chi connectivity index (χ3n) is 2.27. The predicted octanol–water partition coefficient (Wildman–Crippen LogP) is 3.56. The molecule has 0 aromatic heterocycles. The highest BCUT2D eigenvalue weighted by Gasteiger charge is 1.97. The summed E-state index contributed by atoms with van der Waals surface area (Å²) in [5.74, 6) is 0.618. The van der Waals surface area contributed by atoms with Crippen LogP contribution in [0.25, 0.3) is 0 Å². The first-order valence-electron chi connectivity index (χ1n) is 4.77. The summed E-state index contributed by atoms with van der Waals surface area (Å²) in [5, 5.41) is 9.29. The summed E-state index contributed by atoms with van der Waals surface area (Å²) in [5.41, 5.74) is 0. The van der Waals surface area contributed by atoms with Crippen molar-refractivity contribution in [3.63, 3.8) is 0 Å². The molecule has 0 bridgehead atoms. The number of hydrogen-bond acceptors (Lipinski definition) is 1. The summed E-state index contributed by atoms with van der Waals surface area (Å²) < 4.78 is 0. The number of allylic oxidation sites excluding steroid dienone is 2. The van der Waals surface area contributed by atoms with Gasteiger partial charge in [0.15, 0.2) is 0 Å². The summed E-state index contributed by atoms with van der Waals surface area (Å²) >= 11 is 0. The van der Waals surface area contributed by atoms with Crippen molar-refractivity contribution in [1.82, 2.24) is 0 Å². The molecule has 0 aromatic rings. The van der Waals surface area contributed by atoms with Gasteiger partial charge in [0.1, 0.15) is 0 Å². The highest BCUT2D eigenvalue weighted by atomic mass is 16.3. The van der Waals surface area contributed by atoms with Crippen LogP contribution < -0.4 is 0 Å². The second kappa shape index (κ2) is 5.22. The Hall–Kier alpha value is -0.460. The molecule has 0 aromatic carbocycles. The first-order valence-corrected chi connectivity index (χ1v) is 4.77. The number of rotatable bonds is 0. The average Bonchev–Trinajstić information content (AvgIpc) is 2.03. The number of aliphatic hydroxyl groups excluding tert-OH is 1. The van der Waals surface area contributed by atoms with Crippen LogP contribution in [0.5, 0.6) is 0 Å². The van der Waals surface area contributed by atoms with E-state index in [1.54, 1.807) is 0 Å². The lowest BCUT2D eigenvalue weighted by molar-refractivity contribution is 0.374. The molecular formula is C10H18O. The van der Waals surface area contributed by atoms with Crippen molar-refractivity contribution < 1.29 is 5.11 Å². The molecule has 0 atom stereocenters. The Morgan fingerprint density at radius 1 is 0.909 bits per heavy atom. The van der Waals surface area contributed by atoms with E-state index in [1.165, 1.54) is 38.5 Å². The van der Waals surface area contributed by atoms with Crippen molar-refractivity contribution in [3.05, 3.63) is 11.8 Å². The van der Waals surface area contributed by atoms with Crippen molar-refractivity contribution in [2.75, 3.05) is 0 Å². The molecule has 0 spiro atoms. The highest BCUT2D eigenvalue weighted by Crippen LogP contribution is 2.14. The van der Waals surface area contributed by atoms with Gasteiger partial charge in [-0.15, -0.1) is 0 Å². The van der Waals surface area contributed by atoms with Gasteiger partial charge in [0.25, 0.3) is 0 Å². The minimum atomic E-state index is 0.618. The molecule has 1 aliphatic rings. The molecule has 11 heavy (non-hydrogen) atoms. The van der Waals surface area contributed by atoms with Crippen LogP contribution in [0.2, 0.25) is 0 Å². The van der Waals surface area contributed by atoms with Crippen molar-refractivity contribution in [3.8, 4) is 0 Å². The number of aliphatic hydroxyl groups is 1. The molecule has 0 radical (unpaired) electrons. The lowest BCUT2D eigenvalue weighted by Crippen LogP contribution is -1.87. The first kappa shape index (κ1) is 8.63. The molecule has 1 rings (SSSR count). The normalized spacial score (nSPS) is 27.1. The fourth-order valence-electron chi connectivity index (χ4n) is 1.53. The monoisotopic (exact) mass is 154 g/mol. The molecule has 64 valence electrons. The van der Waals surface area contributed by atoms with Crippen molar-refractivity contribution in [1.29, 1.82) is 0 Å². The minimum Gasteiger partial charge on any atom is -0.513 e. The largest absolute Gasteiger partial charge is 0.513 e. The zero-order valence-electron chi connectivity index (χ0n) is 7.18. The van der Waals surface area contributed by atoms with Crippen LogP contribution in [0.1, 0.15) is 51.4 Å². The fraction of sp³-hybridized carbons (Fsp3) is 0.800. The van der Waals surface area contributed by atoms with Crippen LogP contribution >= 0.6 is 0 Å². The molecule has 1 heteroatoms. The van der Waals surface area contributed by atoms with Gasteiger partial charge in [0, 0.05) is 6.42 Å². The maximum atomic E-state index is 9.29. The zero-order valence-corrected chi connectivity index (χ0v) is 7.18. The van der Waals surface area contributed by atoms with Gasteiger partial charge in [-0.05, 0) is 25.3 Å². The Kier molecular flexibility index (Phi) is 4.10. The van der Waals surface area contributed by atoms with Crippen molar-refractivity contribution >= 4 is 0 Å². The Labute approximate surface area is 69.1 Å². The lowest BCUT2D eigenvalue weighted by atomic mass is 10.0. The van der Waals surface area contributed by atoms with Gasteiger partial charge in [-0.1, -0.05) is 25.7 Å². The topological polar surface area (TPSA) is 20.2 Å². The summed E-state index contributed by atoms with van der Waals surface area (Å²) in [6, 6.07) is 0. The van der Waals surface area contributed by atoms with Gasteiger partial charge in [0.05, 0.1) is 5.76 Å². The van der Waals surface area contributed by atoms with E-state index in [9.17, 15) is 5.11 Å². The van der Waals surface area contributed by atoms with Gasteiger partial charge < -0.3 is 5.11 Å². The third kappa shape index (κ3) is 4.07. The summed E-state index contributed by atoms with van der Waals surface area (Å²) in [4.78, 5) is 0. The van der Waals surface area contributed by atoms with E-state index in [0.717, 1.165) is 12.8 Å². The predicted molar refractivity (Wildman–Crippen MR) is 47.6 cm³/mol. The third-order valence-corrected chi connectivity index (χ3v) is 2.27. The summed E-state index contributed by atoms with van der Waals surface area (Å²) in [6.45, 7) is 0.